The number of unbranched alkanes of at least 4 members (excludes halogenated alkanes) is 1. The Hall–Kier alpha value is -2.00. The zero-order valence-corrected chi connectivity index (χ0v) is 14.2. The molecule has 0 unspecified atom stereocenters. The van der Waals surface area contributed by atoms with Crippen LogP contribution < -0.4 is 5.32 Å². The summed E-state index contributed by atoms with van der Waals surface area (Å²) in [6, 6.07) is 7.75. The van der Waals surface area contributed by atoms with Crippen molar-refractivity contribution >= 4 is 37.3 Å². The number of nitrogens with zero attached hydrogens (tertiary/aromatic N) is 3. The molecule has 0 fully saturated rings. The summed E-state index contributed by atoms with van der Waals surface area (Å²) >= 11 is 1.05. The van der Waals surface area contributed by atoms with Crippen LogP contribution in [0.25, 0.3) is 11.0 Å². The van der Waals surface area contributed by atoms with Gasteiger partial charge in [0, 0.05) is 0 Å². The molecule has 2 N–H and O–H groups in total. The van der Waals surface area contributed by atoms with Crippen LogP contribution in [-0.2, 0) is 16.4 Å². The highest BCUT2D eigenvalue weighted by atomic mass is 32.2. The average molecular weight is 351 g/mol. The fourth-order valence-corrected chi connectivity index (χ4v) is 4.55. The van der Waals surface area contributed by atoms with Gasteiger partial charge in [-0.2, -0.15) is 0 Å². The van der Waals surface area contributed by atoms with E-state index in [1.54, 1.807) is 0 Å². The van der Waals surface area contributed by atoms with E-state index in [1.807, 2.05) is 31.2 Å². The molecule has 0 aliphatic heterocycles. The second-order valence-corrected chi connectivity index (χ2v) is 8.36. The van der Waals surface area contributed by atoms with E-state index in [2.05, 4.69) is 25.5 Å². The predicted molar refractivity (Wildman–Crippen MR) is 90.3 cm³/mol. The number of fused-ring (bicyclic) bond motifs is 1. The lowest BCUT2D eigenvalue weighted by atomic mass is 10.3. The fraction of sp³-hybridized carbons (Fsp3) is 0.357. The zero-order chi connectivity index (χ0) is 16.3. The Bertz CT molecular complexity index is 868. The maximum Gasteiger partial charge on any atom is 0.234 e. The minimum absolute atomic E-state index is 0.0676. The van der Waals surface area contributed by atoms with Crippen molar-refractivity contribution in [2.75, 3.05) is 11.1 Å². The molecule has 7 nitrogen and oxygen atoms in total. The highest BCUT2D eigenvalue weighted by Crippen LogP contribution is 2.22. The van der Waals surface area contributed by atoms with Gasteiger partial charge in [0.2, 0.25) is 19.3 Å². The molecule has 9 heteroatoms. The van der Waals surface area contributed by atoms with E-state index in [-0.39, 0.29) is 10.1 Å². The molecule has 0 aliphatic carbocycles. The van der Waals surface area contributed by atoms with Gasteiger partial charge in [-0.25, -0.2) is 13.4 Å². The van der Waals surface area contributed by atoms with Crippen molar-refractivity contribution in [1.29, 1.82) is 0 Å². The molecule has 3 rings (SSSR count). The van der Waals surface area contributed by atoms with Crippen molar-refractivity contribution in [3.05, 3.63) is 30.1 Å². The third-order valence-electron chi connectivity index (χ3n) is 3.28. The topological polar surface area (TPSA) is 101 Å². The van der Waals surface area contributed by atoms with E-state index in [9.17, 15) is 8.42 Å². The van der Waals surface area contributed by atoms with Crippen molar-refractivity contribution in [3.63, 3.8) is 0 Å². The minimum atomic E-state index is -3.32. The van der Waals surface area contributed by atoms with Gasteiger partial charge in [-0.15, -0.1) is 10.2 Å². The third kappa shape index (κ3) is 3.67. The van der Waals surface area contributed by atoms with Gasteiger partial charge in [0.25, 0.3) is 0 Å². The number of imidazole rings is 1. The van der Waals surface area contributed by atoms with Crippen LogP contribution in [0.15, 0.2) is 28.6 Å². The Morgan fingerprint density at radius 3 is 2.87 bits per heavy atom. The highest BCUT2D eigenvalue weighted by molar-refractivity contribution is 7.93. The van der Waals surface area contributed by atoms with Crippen molar-refractivity contribution in [1.82, 2.24) is 20.2 Å². The molecule has 0 saturated carbocycles. The Labute approximate surface area is 138 Å². The Balaban J connectivity index is 1.67. The molecular formula is C14H17N5O2S2. The molecule has 23 heavy (non-hydrogen) atoms. The van der Waals surface area contributed by atoms with E-state index >= 15 is 0 Å². The molecule has 0 atom stereocenters. The minimum Gasteiger partial charge on any atom is -0.353 e. The van der Waals surface area contributed by atoms with Crippen LogP contribution in [-0.4, -0.2) is 34.3 Å². The van der Waals surface area contributed by atoms with E-state index in [0.29, 0.717) is 18.1 Å². The van der Waals surface area contributed by atoms with E-state index in [0.717, 1.165) is 34.6 Å². The maximum absolute atomic E-state index is 12.1. The van der Waals surface area contributed by atoms with Crippen LogP contribution in [0.1, 0.15) is 25.6 Å². The molecular weight excluding hydrogens is 334 g/mol. The average Bonchev–Trinajstić information content (AvgIpc) is 3.17. The van der Waals surface area contributed by atoms with Crippen molar-refractivity contribution in [3.8, 4) is 0 Å². The van der Waals surface area contributed by atoms with Gasteiger partial charge in [-0.05, 0) is 18.6 Å². The molecule has 0 saturated heterocycles. The molecule has 0 amide bonds. The van der Waals surface area contributed by atoms with Gasteiger partial charge >= 0.3 is 0 Å². The summed E-state index contributed by atoms with van der Waals surface area (Å²) < 4.78 is 24.2. The molecule has 0 bridgehead atoms. The summed E-state index contributed by atoms with van der Waals surface area (Å²) in [5.74, 6) is 0.874. The van der Waals surface area contributed by atoms with Crippen LogP contribution >= 0.6 is 11.3 Å². The van der Waals surface area contributed by atoms with Gasteiger partial charge in [-0.3, -0.25) is 0 Å². The van der Waals surface area contributed by atoms with Crippen LogP contribution in [0.3, 0.4) is 0 Å². The monoisotopic (exact) mass is 351 g/mol. The Morgan fingerprint density at radius 1 is 1.26 bits per heavy atom. The van der Waals surface area contributed by atoms with Crippen molar-refractivity contribution in [2.45, 2.75) is 30.6 Å². The number of aromatic amines is 1. The summed E-state index contributed by atoms with van der Waals surface area (Å²) in [7, 11) is -3.32. The first-order valence-electron chi connectivity index (χ1n) is 7.32. The summed E-state index contributed by atoms with van der Waals surface area (Å²) in [6.45, 7) is 2.38. The molecule has 0 radical (unpaired) electrons. The lowest BCUT2D eigenvalue weighted by Crippen LogP contribution is -2.06. The fourth-order valence-electron chi connectivity index (χ4n) is 2.08. The predicted octanol–water partition coefficient (Wildman–Crippen LogP) is 2.60. The number of anilines is 1. The number of aromatic nitrogens is 4. The van der Waals surface area contributed by atoms with Crippen LogP contribution in [0.2, 0.25) is 0 Å². The lowest BCUT2D eigenvalue weighted by molar-refractivity contribution is 0.590. The SMILES string of the molecule is CCCCS(=O)(=O)c1nnc(NCc2nc3ccccc3[nH]2)s1. The van der Waals surface area contributed by atoms with Gasteiger partial charge in [-0.1, -0.05) is 36.8 Å². The third-order valence-corrected chi connectivity index (χ3v) is 6.41. The van der Waals surface area contributed by atoms with E-state index < -0.39 is 9.84 Å². The normalized spacial score (nSPS) is 11.9. The number of hydrogen-bond acceptors (Lipinski definition) is 7. The second kappa shape index (κ2) is 6.63. The van der Waals surface area contributed by atoms with Crippen LogP contribution in [0.4, 0.5) is 5.13 Å². The van der Waals surface area contributed by atoms with E-state index in [4.69, 9.17) is 0 Å². The van der Waals surface area contributed by atoms with Crippen molar-refractivity contribution in [2.24, 2.45) is 0 Å². The number of benzene rings is 1. The standard InChI is InChI=1S/C14H17N5O2S2/c1-2-3-8-23(20,21)14-19-18-13(22-14)15-9-12-16-10-6-4-5-7-11(10)17-12/h4-7H,2-3,8-9H2,1H3,(H,15,18)(H,16,17). The molecule has 3 aromatic rings. The quantitative estimate of drug-likeness (QED) is 0.678. The van der Waals surface area contributed by atoms with Gasteiger partial charge < -0.3 is 10.3 Å². The second-order valence-electron chi connectivity index (χ2n) is 5.10. The number of hydrogen-bond donors (Lipinski definition) is 2. The molecule has 0 aliphatic rings. The molecule has 0 spiro atoms. The van der Waals surface area contributed by atoms with Gasteiger partial charge in [0.05, 0.1) is 23.3 Å². The largest absolute Gasteiger partial charge is 0.353 e. The first-order valence-corrected chi connectivity index (χ1v) is 9.79. The van der Waals surface area contributed by atoms with Gasteiger partial charge in [0.15, 0.2) is 0 Å². The molecule has 1 aromatic carbocycles. The lowest BCUT2D eigenvalue weighted by Gasteiger charge is -1.98. The Morgan fingerprint density at radius 2 is 2.09 bits per heavy atom. The van der Waals surface area contributed by atoms with Gasteiger partial charge in [0.1, 0.15) is 5.82 Å². The van der Waals surface area contributed by atoms with Crippen LogP contribution in [0, 0.1) is 0 Å². The van der Waals surface area contributed by atoms with E-state index in [1.165, 1.54) is 0 Å². The summed E-state index contributed by atoms with van der Waals surface area (Å²) in [4.78, 5) is 7.64. The summed E-state index contributed by atoms with van der Waals surface area (Å²) in [5.41, 5.74) is 1.86. The number of sulfone groups is 1. The Kier molecular flexibility index (Phi) is 4.58. The van der Waals surface area contributed by atoms with Crippen LogP contribution in [0.5, 0.6) is 0 Å². The number of rotatable bonds is 7. The first-order chi connectivity index (χ1) is 11.1. The molecule has 2 heterocycles. The maximum atomic E-state index is 12.1. The highest BCUT2D eigenvalue weighted by Gasteiger charge is 2.19. The number of H-pyrrole nitrogens is 1. The zero-order valence-electron chi connectivity index (χ0n) is 12.6. The van der Waals surface area contributed by atoms with Crippen molar-refractivity contribution < 1.29 is 8.42 Å². The summed E-state index contributed by atoms with van der Waals surface area (Å²) in [6.07, 6.45) is 1.46. The molecule has 2 aromatic heterocycles. The summed E-state index contributed by atoms with van der Waals surface area (Å²) in [5, 5.41) is 11.2. The smallest absolute Gasteiger partial charge is 0.234 e. The molecule has 122 valence electrons. The first kappa shape index (κ1) is 15.9. The number of nitrogens with one attached hydrogen (secondary N) is 2. The number of para-hydroxylation sites is 2.